The zero-order valence-electron chi connectivity index (χ0n) is 12.2. The summed E-state index contributed by atoms with van der Waals surface area (Å²) < 4.78 is 38.1. The number of amidine groups is 1. The molecule has 0 saturated heterocycles. The molecule has 3 nitrogen and oxygen atoms in total. The van der Waals surface area contributed by atoms with Crippen molar-refractivity contribution in [1.29, 1.82) is 0 Å². The van der Waals surface area contributed by atoms with Gasteiger partial charge in [-0.2, -0.15) is 13.2 Å². The Balaban J connectivity index is 2.18. The molecule has 0 saturated carbocycles. The highest BCUT2D eigenvalue weighted by atomic mass is 19.4. The molecular formula is C15H20F3N3. The van der Waals surface area contributed by atoms with Gasteiger partial charge in [0.05, 0.1) is 17.4 Å². The number of hydrogen-bond acceptors (Lipinski definition) is 3. The fraction of sp³-hybridized carbons (Fsp3) is 0.533. The van der Waals surface area contributed by atoms with Crippen molar-refractivity contribution >= 4 is 11.5 Å². The zero-order valence-corrected chi connectivity index (χ0v) is 12.2. The van der Waals surface area contributed by atoms with Gasteiger partial charge in [0, 0.05) is 25.2 Å². The van der Waals surface area contributed by atoms with Crippen LogP contribution in [-0.4, -0.2) is 25.0 Å². The normalized spacial score (nSPS) is 18.7. The Bertz CT molecular complexity index is 537. The summed E-state index contributed by atoms with van der Waals surface area (Å²) in [6, 6.07) is 4.01. The Kier molecular flexibility index (Phi) is 4.44. The summed E-state index contributed by atoms with van der Waals surface area (Å²) >= 11 is 0. The van der Waals surface area contributed by atoms with Crippen molar-refractivity contribution in [1.82, 2.24) is 0 Å². The summed E-state index contributed by atoms with van der Waals surface area (Å²) in [5.74, 6) is 0.667. The summed E-state index contributed by atoms with van der Waals surface area (Å²) in [4.78, 5) is 6.42. The average Bonchev–Trinajstić information content (AvgIpc) is 2.81. The van der Waals surface area contributed by atoms with Gasteiger partial charge in [-0.05, 0) is 44.0 Å². The molecular weight excluding hydrogens is 279 g/mol. The summed E-state index contributed by atoms with van der Waals surface area (Å²) in [7, 11) is 0. The summed E-state index contributed by atoms with van der Waals surface area (Å²) in [6.45, 7) is 5.10. The Morgan fingerprint density at radius 1 is 1.38 bits per heavy atom. The number of hydrogen-bond donors (Lipinski definition) is 1. The summed E-state index contributed by atoms with van der Waals surface area (Å²) in [5.41, 5.74) is 6.53. The molecule has 1 atom stereocenters. The lowest BCUT2D eigenvalue weighted by atomic mass is 10.1. The number of halogens is 3. The predicted molar refractivity (Wildman–Crippen MR) is 78.7 cm³/mol. The van der Waals surface area contributed by atoms with E-state index in [1.54, 1.807) is 13.0 Å². The number of rotatable bonds is 4. The minimum absolute atomic E-state index is 0.131. The lowest BCUT2D eigenvalue weighted by molar-refractivity contribution is -0.137. The second-order valence-corrected chi connectivity index (χ2v) is 5.35. The van der Waals surface area contributed by atoms with Crippen LogP contribution in [0.2, 0.25) is 0 Å². The van der Waals surface area contributed by atoms with Crippen LogP contribution in [0.15, 0.2) is 23.2 Å². The maximum atomic E-state index is 12.7. The van der Waals surface area contributed by atoms with Crippen molar-refractivity contribution in [2.24, 2.45) is 10.7 Å². The molecule has 6 heteroatoms. The van der Waals surface area contributed by atoms with E-state index >= 15 is 0 Å². The number of alkyl halides is 3. The van der Waals surface area contributed by atoms with E-state index in [1.807, 2.05) is 6.92 Å². The highest BCUT2D eigenvalue weighted by Crippen LogP contribution is 2.32. The van der Waals surface area contributed by atoms with Gasteiger partial charge in [0.15, 0.2) is 0 Å². The van der Waals surface area contributed by atoms with Gasteiger partial charge in [-0.15, -0.1) is 0 Å². The van der Waals surface area contributed by atoms with E-state index in [9.17, 15) is 13.2 Å². The lowest BCUT2D eigenvalue weighted by Crippen LogP contribution is -2.31. The standard InChI is InChI=1S/C15H20F3N3/c1-3-21(9-12-5-7-14(19)20-12)13-6-4-11(8-10(13)2)15(16,17)18/h4,6,8,12H,3,5,7,9H2,1-2H3,(H2,19,20)/t12-/m1/s1. The molecule has 0 aromatic heterocycles. The van der Waals surface area contributed by atoms with E-state index in [0.29, 0.717) is 17.9 Å². The first-order valence-electron chi connectivity index (χ1n) is 7.06. The number of nitrogens with two attached hydrogens (primary N) is 1. The number of anilines is 1. The maximum Gasteiger partial charge on any atom is 0.416 e. The van der Waals surface area contributed by atoms with Gasteiger partial charge < -0.3 is 10.6 Å². The van der Waals surface area contributed by atoms with Gasteiger partial charge in [0.2, 0.25) is 0 Å². The molecule has 0 aliphatic carbocycles. The fourth-order valence-corrected chi connectivity index (χ4v) is 2.65. The van der Waals surface area contributed by atoms with E-state index in [-0.39, 0.29) is 6.04 Å². The van der Waals surface area contributed by atoms with Gasteiger partial charge in [0.1, 0.15) is 0 Å². The Labute approximate surface area is 122 Å². The van der Waals surface area contributed by atoms with Crippen molar-refractivity contribution in [2.45, 2.75) is 38.9 Å². The van der Waals surface area contributed by atoms with Crippen LogP contribution in [0.4, 0.5) is 18.9 Å². The second-order valence-electron chi connectivity index (χ2n) is 5.35. The second kappa shape index (κ2) is 5.95. The van der Waals surface area contributed by atoms with Gasteiger partial charge in [-0.3, -0.25) is 4.99 Å². The first kappa shape index (κ1) is 15.7. The number of aryl methyl sites for hydroxylation is 1. The molecule has 2 rings (SSSR count). The minimum Gasteiger partial charge on any atom is -0.387 e. The van der Waals surface area contributed by atoms with Gasteiger partial charge >= 0.3 is 6.18 Å². The van der Waals surface area contributed by atoms with Crippen molar-refractivity contribution < 1.29 is 13.2 Å². The molecule has 0 spiro atoms. The van der Waals surface area contributed by atoms with E-state index in [2.05, 4.69) is 9.89 Å². The predicted octanol–water partition coefficient (Wildman–Crippen LogP) is 3.36. The molecule has 1 aliphatic rings. The Morgan fingerprint density at radius 3 is 2.57 bits per heavy atom. The number of aliphatic imine (C=N–C) groups is 1. The molecule has 2 N–H and O–H groups in total. The number of benzene rings is 1. The third-order valence-corrected chi connectivity index (χ3v) is 3.76. The highest BCUT2D eigenvalue weighted by molar-refractivity contribution is 5.82. The van der Waals surface area contributed by atoms with Crippen molar-refractivity contribution in [2.75, 3.05) is 18.0 Å². The first-order chi connectivity index (χ1) is 9.81. The Morgan fingerprint density at radius 2 is 2.10 bits per heavy atom. The van der Waals surface area contributed by atoms with Crippen LogP contribution in [0.1, 0.15) is 30.9 Å². The molecule has 0 fully saturated rings. The number of likely N-dealkylation sites (N-methyl/N-ethyl adjacent to an activating group) is 1. The molecule has 1 aromatic rings. The lowest BCUT2D eigenvalue weighted by Gasteiger charge is -2.27. The Hall–Kier alpha value is -1.72. The molecule has 0 unspecified atom stereocenters. The van der Waals surface area contributed by atoms with E-state index in [1.165, 1.54) is 6.07 Å². The quantitative estimate of drug-likeness (QED) is 0.926. The monoisotopic (exact) mass is 299 g/mol. The minimum atomic E-state index is -4.30. The molecule has 1 aromatic carbocycles. The molecule has 0 amide bonds. The molecule has 21 heavy (non-hydrogen) atoms. The largest absolute Gasteiger partial charge is 0.416 e. The maximum absolute atomic E-state index is 12.7. The van der Waals surface area contributed by atoms with Crippen molar-refractivity contribution in [3.8, 4) is 0 Å². The first-order valence-corrected chi connectivity index (χ1v) is 7.06. The fourth-order valence-electron chi connectivity index (χ4n) is 2.65. The van der Waals surface area contributed by atoms with Crippen LogP contribution < -0.4 is 10.6 Å². The van der Waals surface area contributed by atoms with E-state index < -0.39 is 11.7 Å². The topological polar surface area (TPSA) is 41.6 Å². The molecule has 0 bridgehead atoms. The van der Waals surface area contributed by atoms with Crippen LogP contribution in [-0.2, 0) is 6.18 Å². The third kappa shape index (κ3) is 3.68. The molecule has 116 valence electrons. The van der Waals surface area contributed by atoms with Crippen molar-refractivity contribution in [3.05, 3.63) is 29.3 Å². The summed E-state index contributed by atoms with van der Waals surface area (Å²) in [5, 5.41) is 0. The van der Waals surface area contributed by atoms with Crippen molar-refractivity contribution in [3.63, 3.8) is 0 Å². The summed E-state index contributed by atoms with van der Waals surface area (Å²) in [6.07, 6.45) is -2.60. The SMILES string of the molecule is CCN(C[C@H]1CCC(N)=N1)c1ccc(C(F)(F)F)cc1C. The average molecular weight is 299 g/mol. The van der Waals surface area contributed by atoms with E-state index in [0.717, 1.165) is 31.1 Å². The third-order valence-electron chi connectivity index (χ3n) is 3.76. The van der Waals surface area contributed by atoms with Crippen LogP contribution >= 0.6 is 0 Å². The molecule has 0 radical (unpaired) electrons. The van der Waals surface area contributed by atoms with Gasteiger partial charge in [0.25, 0.3) is 0 Å². The van der Waals surface area contributed by atoms with Crippen LogP contribution in [0, 0.1) is 6.92 Å². The van der Waals surface area contributed by atoms with Gasteiger partial charge in [-0.25, -0.2) is 0 Å². The molecule has 1 heterocycles. The number of nitrogens with zero attached hydrogens (tertiary/aromatic N) is 2. The zero-order chi connectivity index (χ0) is 15.6. The van der Waals surface area contributed by atoms with Gasteiger partial charge in [-0.1, -0.05) is 0 Å². The molecule has 1 aliphatic heterocycles. The smallest absolute Gasteiger partial charge is 0.387 e. The van der Waals surface area contributed by atoms with E-state index in [4.69, 9.17) is 5.73 Å². The highest BCUT2D eigenvalue weighted by Gasteiger charge is 2.31. The van der Waals surface area contributed by atoms with Crippen LogP contribution in [0.25, 0.3) is 0 Å². The van der Waals surface area contributed by atoms with Crippen LogP contribution in [0.5, 0.6) is 0 Å². The van der Waals surface area contributed by atoms with Crippen LogP contribution in [0.3, 0.4) is 0 Å².